The van der Waals surface area contributed by atoms with Crippen LogP contribution in [0.15, 0.2) is 225 Å². The van der Waals surface area contributed by atoms with Crippen LogP contribution in [0.1, 0.15) is 154 Å². The smallest absolute Gasteiger partial charge is 0.177 e. The highest BCUT2D eigenvalue weighted by Gasteiger charge is 2.21. The monoisotopic (exact) mass is 1980 g/mol. The molecule has 0 aliphatic rings. The molecule has 0 aliphatic heterocycles. The molecule has 25 rings (SSSR count). The normalized spacial score (nSPS) is 11.5. The van der Waals surface area contributed by atoms with Gasteiger partial charge in [0.1, 0.15) is 28.5 Å². The van der Waals surface area contributed by atoms with Crippen LogP contribution in [0.5, 0.6) is 0 Å². The summed E-state index contributed by atoms with van der Waals surface area (Å²) in [5.41, 5.74) is 28.5. The zero-order valence-corrected chi connectivity index (χ0v) is 85.3. The lowest BCUT2D eigenvalue weighted by Gasteiger charge is -2.07. The first-order valence-electron chi connectivity index (χ1n) is 49.5. The van der Waals surface area contributed by atoms with Gasteiger partial charge in [0.2, 0.25) is 0 Å². The Morgan fingerprint density at radius 1 is 0.215 bits per heavy atom. The van der Waals surface area contributed by atoms with Crippen LogP contribution < -0.4 is 0 Å². The van der Waals surface area contributed by atoms with Gasteiger partial charge in [-0.25, -0.2) is 89.5 Å². The molecular formula is C115H106F4N30. The van der Waals surface area contributed by atoms with Crippen molar-refractivity contribution in [2.45, 2.75) is 181 Å². The number of para-hydroxylation sites is 2. The minimum absolute atomic E-state index is 0.0522. The topological polar surface area (TPSA) is 336 Å². The van der Waals surface area contributed by atoms with Crippen molar-refractivity contribution in [2.75, 3.05) is 0 Å². The molecule has 0 atom stereocenters. The van der Waals surface area contributed by atoms with Gasteiger partial charge in [0.15, 0.2) is 74.6 Å². The molecule has 0 radical (unpaired) electrons. The second-order valence-electron chi connectivity index (χ2n) is 37.4. The number of fused-ring (bicyclic) bond motifs is 14. The van der Waals surface area contributed by atoms with Gasteiger partial charge in [-0.3, -0.25) is 44.9 Å². The summed E-state index contributed by atoms with van der Waals surface area (Å²) in [7, 11) is 0. The van der Waals surface area contributed by atoms with Crippen LogP contribution in [-0.2, 0) is 77.0 Å². The van der Waals surface area contributed by atoms with Crippen LogP contribution in [0, 0.1) is 127 Å². The van der Waals surface area contributed by atoms with Gasteiger partial charge in [0.25, 0.3) is 0 Å². The zero-order chi connectivity index (χ0) is 104. The van der Waals surface area contributed by atoms with Crippen LogP contribution in [0.3, 0.4) is 0 Å². The van der Waals surface area contributed by atoms with Crippen molar-refractivity contribution in [3.05, 3.63) is 403 Å². The highest BCUT2D eigenvalue weighted by atomic mass is 19.1. The van der Waals surface area contributed by atoms with E-state index in [9.17, 15) is 17.6 Å². The van der Waals surface area contributed by atoms with Crippen LogP contribution in [0.2, 0.25) is 0 Å². The van der Waals surface area contributed by atoms with Crippen molar-refractivity contribution < 1.29 is 17.6 Å². The van der Waals surface area contributed by atoms with E-state index in [1.54, 1.807) is 52.7 Å². The predicted octanol–water partition coefficient (Wildman–Crippen LogP) is 21.1. The molecule has 0 spiro atoms. The fourth-order valence-corrected chi connectivity index (χ4v) is 17.9. The summed E-state index contributed by atoms with van der Waals surface area (Å²) in [5.74, 6) is 3.04. The fraction of sp³-hybridized carbons (Fsp3) is 0.235. The molecule has 0 N–H and O–H groups in total. The molecule has 7 aromatic carbocycles. The quantitative estimate of drug-likeness (QED) is 0.0569. The maximum Gasteiger partial charge on any atom is 0.177 e. The van der Waals surface area contributed by atoms with Crippen LogP contribution in [0.4, 0.5) is 17.6 Å². The third-order valence-electron chi connectivity index (χ3n) is 26.5. The third-order valence-corrected chi connectivity index (χ3v) is 26.5. The average Bonchev–Trinajstić information content (AvgIpc) is 1.67. The molecule has 30 nitrogen and oxygen atoms in total. The Hall–Kier alpha value is -17.7. The van der Waals surface area contributed by atoms with E-state index >= 15 is 0 Å². The summed E-state index contributed by atoms with van der Waals surface area (Å²) in [6, 6.07) is 59.9. The van der Waals surface area contributed by atoms with Gasteiger partial charge in [-0.15, -0.1) is 0 Å². The number of halogens is 4. The standard InChI is InChI=1S/C22H19N5.C20H21N5.C19H18FN5.C18H15F2N5.C18H16FN5.C18H17N5/c1-14-13-23-15(2)22-25-20(26-27(14)22)12-11-18-10-9-17-8-7-16-5-3-4-6-19(16)21(17)24-18;1-12-5-6-16-7-8-17(22-19(16)14(12)3)9-10-18-23-20-15(4)21-11-13(2)25(20)24-18;1-11-4-5-14-6-7-15(22-18(14)17(11)20)8-9-16-23-19-13(3)21-10-12(2)25(19)24-16;1-10-9-21-11(2)18-23-16(24-25(10)18)8-4-12-3-5-13-14(19)6-7-15(20)17(13)22-12;1-11-10-20-12(2)18-22-17(23-24(11)18)8-7-16-14(19)9-13-5-3-4-6-15(13)21-16;1-12-11-19-13(2)18-21-17(22-23(12)18)10-9-15-8-7-14-5-3-4-6-16(14)20-15/h3-10,13H,11-12H2,1-2H3;5-8,11H,9-10H2,1-4H3;4-7,10H,8-9H2,1-3H3;3,5-7,9H,4,8H2,1-2H3;3-6,9-10H,7-8H2,1-2H3;3-8,11H,9-10H2,1-2H3. The lowest BCUT2D eigenvalue weighted by atomic mass is 10.0. The first kappa shape index (κ1) is 98.7. The van der Waals surface area contributed by atoms with Crippen molar-refractivity contribution >= 4 is 110 Å². The Bertz CT molecular complexity index is 8890. The third kappa shape index (κ3) is 21.4. The second-order valence-corrected chi connectivity index (χ2v) is 37.4. The van der Waals surface area contributed by atoms with E-state index in [-0.39, 0.29) is 22.5 Å². The Balaban J connectivity index is 0.000000108. The molecule has 25 aromatic rings. The molecule has 18 aromatic heterocycles. The SMILES string of the molecule is Cc1ccc2ccc(CCc3nc4c(C)ncc(C)n4n3)nc2c1C.Cc1ccc2ccc(CCc3nc4c(C)ncc(C)n4n3)nc2c1F.Cc1ncc(C)n2nc(CCc3ccc4c(F)ccc(F)c4n3)nc12.Cc1ncc(C)n2nc(CCc3ccc4ccc5ccccc5c4n3)nc12.Cc1ncc(C)n2nc(CCc3ccc4ccccc4n3)nc12.Cc1ncc(C)n2nc(CCc3nc4ccccc4cc3F)nc12. The largest absolute Gasteiger partial charge is 0.256 e. The molecular weight excluding hydrogens is 1880 g/mol. The fourth-order valence-electron chi connectivity index (χ4n) is 17.9. The van der Waals surface area contributed by atoms with E-state index in [2.05, 4.69) is 210 Å². The molecule has 149 heavy (non-hydrogen) atoms. The number of hydrogen-bond acceptors (Lipinski definition) is 24. The molecule has 0 amide bonds. The minimum atomic E-state index is -0.526. The van der Waals surface area contributed by atoms with E-state index in [0.29, 0.717) is 72.6 Å². The van der Waals surface area contributed by atoms with Gasteiger partial charge >= 0.3 is 0 Å². The summed E-state index contributed by atoms with van der Waals surface area (Å²) in [6.45, 7) is 29.4. The Morgan fingerprint density at radius 2 is 0.517 bits per heavy atom. The number of pyridine rings is 6. The van der Waals surface area contributed by atoms with E-state index < -0.39 is 11.6 Å². The maximum absolute atomic E-state index is 14.3. The van der Waals surface area contributed by atoms with Crippen LogP contribution in [0.25, 0.3) is 110 Å². The number of aryl methyl sites for hydroxylation is 27. The predicted molar refractivity (Wildman–Crippen MR) is 568 cm³/mol. The molecule has 34 heteroatoms. The number of benzene rings is 7. The number of hydrogen-bond donors (Lipinski definition) is 0. The Morgan fingerprint density at radius 3 is 0.940 bits per heavy atom. The summed E-state index contributed by atoms with van der Waals surface area (Å²) in [6.07, 6.45) is 18.9. The minimum Gasteiger partial charge on any atom is -0.256 e. The van der Waals surface area contributed by atoms with E-state index in [0.717, 1.165) is 232 Å². The summed E-state index contributed by atoms with van der Waals surface area (Å²) in [4.78, 5) is 81.1. The highest BCUT2D eigenvalue weighted by molar-refractivity contribution is 6.05. The van der Waals surface area contributed by atoms with E-state index in [1.807, 2.05) is 180 Å². The molecule has 0 aliphatic carbocycles. The van der Waals surface area contributed by atoms with Crippen LogP contribution in [-0.4, -0.2) is 147 Å². The highest BCUT2D eigenvalue weighted by Crippen LogP contribution is 2.30. The molecule has 0 saturated carbocycles. The number of aromatic nitrogens is 30. The summed E-state index contributed by atoms with van der Waals surface area (Å²) in [5, 5.41) is 35.1. The van der Waals surface area contributed by atoms with Gasteiger partial charge in [0.05, 0.1) is 96.1 Å². The molecule has 18 heterocycles. The maximum atomic E-state index is 14.3. The van der Waals surface area contributed by atoms with Gasteiger partial charge in [0, 0.05) is 142 Å². The lowest BCUT2D eigenvalue weighted by Crippen LogP contribution is -2.01. The Kier molecular flexibility index (Phi) is 28.2. The van der Waals surface area contributed by atoms with E-state index in [4.69, 9.17) is 15.0 Å². The van der Waals surface area contributed by atoms with Crippen LogP contribution >= 0.6 is 0 Å². The van der Waals surface area contributed by atoms with Crippen molar-refractivity contribution in [3.63, 3.8) is 0 Å². The molecule has 744 valence electrons. The summed E-state index contributed by atoms with van der Waals surface area (Å²) < 4.78 is 67.1. The number of nitrogens with zero attached hydrogens (tertiary/aromatic N) is 30. The second kappa shape index (κ2) is 42.5. The van der Waals surface area contributed by atoms with Gasteiger partial charge in [-0.1, -0.05) is 121 Å². The molecule has 0 bridgehead atoms. The van der Waals surface area contributed by atoms with Gasteiger partial charge < -0.3 is 0 Å². The van der Waals surface area contributed by atoms with Crippen molar-refractivity contribution in [1.82, 2.24) is 147 Å². The van der Waals surface area contributed by atoms with Crippen molar-refractivity contribution in [3.8, 4) is 0 Å². The first-order valence-corrected chi connectivity index (χ1v) is 49.5. The Labute approximate surface area is 853 Å². The zero-order valence-electron chi connectivity index (χ0n) is 85.3. The number of rotatable bonds is 18. The van der Waals surface area contributed by atoms with Crippen molar-refractivity contribution in [1.29, 1.82) is 0 Å². The van der Waals surface area contributed by atoms with Gasteiger partial charge in [-0.2, -0.15) is 30.6 Å². The lowest BCUT2D eigenvalue weighted by molar-refractivity contribution is 0.599. The van der Waals surface area contributed by atoms with Gasteiger partial charge in [-0.05, 0) is 231 Å². The van der Waals surface area contributed by atoms with E-state index in [1.165, 1.54) is 44.1 Å². The molecule has 0 fully saturated rings. The molecule has 0 saturated heterocycles. The average molecular weight is 1980 g/mol. The van der Waals surface area contributed by atoms with Crippen molar-refractivity contribution in [2.24, 2.45) is 0 Å². The summed E-state index contributed by atoms with van der Waals surface area (Å²) >= 11 is 0. The first-order chi connectivity index (χ1) is 72.1. The molecule has 0 unspecified atom stereocenters.